The average Bonchev–Trinajstić information content (AvgIpc) is 2.08. The van der Waals surface area contributed by atoms with Gasteiger partial charge in [0.2, 0.25) is 5.91 Å². The second kappa shape index (κ2) is 6.73. The van der Waals surface area contributed by atoms with Crippen molar-refractivity contribution in [2.45, 2.75) is 6.42 Å². The van der Waals surface area contributed by atoms with Crippen molar-refractivity contribution in [2.75, 3.05) is 6.26 Å². The fourth-order valence-electron chi connectivity index (χ4n) is 0.797. The molecule has 0 atom stereocenters. The van der Waals surface area contributed by atoms with Gasteiger partial charge >= 0.3 is 0 Å². The first-order valence-electron chi connectivity index (χ1n) is 3.56. The average molecular weight is 183 g/mol. The molecule has 0 unspecified atom stereocenters. The smallest absolute Gasteiger partial charge is 0.221 e. The molecule has 0 saturated heterocycles. The maximum Gasteiger partial charge on any atom is 0.221 e. The molecule has 1 aromatic rings. The van der Waals surface area contributed by atoms with E-state index >= 15 is 0 Å². The molecular weight excluding hydrogens is 170 g/mol. The molecule has 2 N–H and O–H groups in total. The van der Waals surface area contributed by atoms with Gasteiger partial charge in [-0.1, -0.05) is 30.3 Å². The molecular formula is C9H13NOS. The number of amides is 1. The number of nitrogens with two attached hydrogens (primary N) is 1. The summed E-state index contributed by atoms with van der Waals surface area (Å²) in [6.45, 7) is 0. The summed E-state index contributed by atoms with van der Waals surface area (Å²) in [5.74, 6) is -0.286. The van der Waals surface area contributed by atoms with Crippen LogP contribution in [0.25, 0.3) is 0 Å². The molecule has 12 heavy (non-hydrogen) atoms. The lowest BCUT2D eigenvalue weighted by Crippen LogP contribution is -2.13. The minimum absolute atomic E-state index is 0.286. The Hall–Kier alpha value is -0.960. The maximum atomic E-state index is 10.4. The van der Waals surface area contributed by atoms with Crippen LogP contribution in [-0.4, -0.2) is 12.2 Å². The summed E-state index contributed by atoms with van der Waals surface area (Å²) in [5, 5.41) is 0. The van der Waals surface area contributed by atoms with E-state index in [1.807, 2.05) is 30.3 Å². The van der Waals surface area contributed by atoms with Crippen molar-refractivity contribution in [3.63, 3.8) is 0 Å². The lowest BCUT2D eigenvalue weighted by molar-refractivity contribution is -0.117. The van der Waals surface area contributed by atoms with Gasteiger partial charge in [-0.3, -0.25) is 4.79 Å². The minimum Gasteiger partial charge on any atom is -0.369 e. The summed E-state index contributed by atoms with van der Waals surface area (Å²) in [6.07, 6.45) is 2.03. The molecule has 0 aromatic heterocycles. The monoisotopic (exact) mass is 183 g/mol. The third-order valence-corrected chi connectivity index (χ3v) is 1.22. The molecule has 0 aliphatic carbocycles. The molecule has 1 amide bonds. The summed E-state index contributed by atoms with van der Waals surface area (Å²) in [5.41, 5.74) is 5.95. The van der Waals surface area contributed by atoms with E-state index in [4.69, 9.17) is 5.73 Å². The van der Waals surface area contributed by atoms with Crippen molar-refractivity contribution >= 4 is 18.5 Å². The van der Waals surface area contributed by atoms with Crippen molar-refractivity contribution in [3.05, 3.63) is 35.9 Å². The molecule has 0 aliphatic rings. The predicted molar refractivity (Wildman–Crippen MR) is 54.3 cm³/mol. The molecule has 0 heterocycles. The van der Waals surface area contributed by atoms with Crippen molar-refractivity contribution in [1.82, 2.24) is 0 Å². The third-order valence-electron chi connectivity index (χ3n) is 1.22. The third kappa shape index (κ3) is 4.79. The number of hydrogen-bond donors (Lipinski definition) is 2. The number of primary amides is 1. The Balaban J connectivity index is 0.000000561. The normalized spacial score (nSPS) is 8.17. The standard InChI is InChI=1S/C8H9NO.CH4S/c9-8(10)6-7-4-2-1-3-5-7;1-2/h1-5H,6H2,(H2,9,10);2H,1H3. The summed E-state index contributed by atoms with van der Waals surface area (Å²) in [7, 11) is 0. The number of thiol groups is 1. The molecule has 0 saturated carbocycles. The highest BCUT2D eigenvalue weighted by Gasteiger charge is 1.94. The van der Waals surface area contributed by atoms with Gasteiger partial charge < -0.3 is 5.73 Å². The highest BCUT2D eigenvalue weighted by molar-refractivity contribution is 7.79. The Morgan fingerprint density at radius 3 is 2.25 bits per heavy atom. The van der Waals surface area contributed by atoms with Crippen LogP contribution in [0.1, 0.15) is 5.56 Å². The van der Waals surface area contributed by atoms with Gasteiger partial charge in [0.05, 0.1) is 6.42 Å². The zero-order chi connectivity index (χ0) is 9.40. The highest BCUT2D eigenvalue weighted by Crippen LogP contribution is 1.97. The Morgan fingerprint density at radius 1 is 1.33 bits per heavy atom. The van der Waals surface area contributed by atoms with Crippen LogP contribution in [-0.2, 0) is 11.2 Å². The molecule has 3 heteroatoms. The first-order chi connectivity index (χ1) is 5.79. The van der Waals surface area contributed by atoms with Gasteiger partial charge in [-0.05, 0) is 11.8 Å². The summed E-state index contributed by atoms with van der Waals surface area (Å²) in [4.78, 5) is 10.4. The molecule has 0 fully saturated rings. The first-order valence-corrected chi connectivity index (χ1v) is 4.45. The summed E-state index contributed by atoms with van der Waals surface area (Å²) >= 11 is 3.53. The van der Waals surface area contributed by atoms with Gasteiger partial charge in [0.25, 0.3) is 0 Å². The van der Waals surface area contributed by atoms with Gasteiger partial charge in [0, 0.05) is 0 Å². The van der Waals surface area contributed by atoms with Crippen LogP contribution in [0.2, 0.25) is 0 Å². The van der Waals surface area contributed by atoms with Crippen LogP contribution in [0.5, 0.6) is 0 Å². The van der Waals surface area contributed by atoms with E-state index in [0.717, 1.165) is 5.56 Å². The van der Waals surface area contributed by atoms with Gasteiger partial charge in [0.15, 0.2) is 0 Å². The van der Waals surface area contributed by atoms with E-state index in [-0.39, 0.29) is 5.91 Å². The van der Waals surface area contributed by atoms with E-state index in [9.17, 15) is 4.79 Å². The van der Waals surface area contributed by atoms with Gasteiger partial charge in [-0.15, -0.1) is 0 Å². The fraction of sp³-hybridized carbons (Fsp3) is 0.222. The van der Waals surface area contributed by atoms with Crippen LogP contribution in [0, 0.1) is 0 Å². The van der Waals surface area contributed by atoms with Crippen LogP contribution in [0.15, 0.2) is 30.3 Å². The molecule has 1 aromatic carbocycles. The Morgan fingerprint density at radius 2 is 1.83 bits per heavy atom. The van der Waals surface area contributed by atoms with Crippen LogP contribution in [0.3, 0.4) is 0 Å². The minimum atomic E-state index is -0.286. The topological polar surface area (TPSA) is 43.1 Å². The van der Waals surface area contributed by atoms with Gasteiger partial charge in [-0.25, -0.2) is 0 Å². The summed E-state index contributed by atoms with van der Waals surface area (Å²) in [6, 6.07) is 9.44. The largest absolute Gasteiger partial charge is 0.369 e. The van der Waals surface area contributed by atoms with Gasteiger partial charge in [0.1, 0.15) is 0 Å². The Bertz CT molecular complexity index is 223. The maximum absolute atomic E-state index is 10.4. The van der Waals surface area contributed by atoms with E-state index in [2.05, 4.69) is 12.6 Å². The molecule has 66 valence electrons. The molecule has 0 radical (unpaired) electrons. The SMILES string of the molecule is CS.NC(=O)Cc1ccccc1. The Labute approximate surface area is 78.2 Å². The number of rotatable bonds is 2. The lowest BCUT2D eigenvalue weighted by Gasteiger charge is -1.93. The van der Waals surface area contributed by atoms with E-state index in [1.54, 1.807) is 6.26 Å². The molecule has 0 bridgehead atoms. The number of hydrogen-bond acceptors (Lipinski definition) is 2. The quantitative estimate of drug-likeness (QED) is 0.666. The Kier molecular flexibility index (Phi) is 6.19. The highest BCUT2D eigenvalue weighted by atomic mass is 32.1. The van der Waals surface area contributed by atoms with E-state index in [0.29, 0.717) is 6.42 Å². The van der Waals surface area contributed by atoms with Crippen molar-refractivity contribution in [3.8, 4) is 0 Å². The van der Waals surface area contributed by atoms with Crippen LogP contribution in [0.4, 0.5) is 0 Å². The van der Waals surface area contributed by atoms with E-state index < -0.39 is 0 Å². The van der Waals surface area contributed by atoms with E-state index in [1.165, 1.54) is 0 Å². The fourth-order valence-corrected chi connectivity index (χ4v) is 0.797. The van der Waals surface area contributed by atoms with Gasteiger partial charge in [-0.2, -0.15) is 12.6 Å². The first kappa shape index (κ1) is 11.0. The number of carbonyl (C=O) groups is 1. The molecule has 0 aliphatic heterocycles. The van der Waals surface area contributed by atoms with Crippen LogP contribution >= 0.6 is 12.6 Å². The van der Waals surface area contributed by atoms with Crippen molar-refractivity contribution in [1.29, 1.82) is 0 Å². The zero-order valence-corrected chi connectivity index (χ0v) is 7.92. The van der Waals surface area contributed by atoms with Crippen molar-refractivity contribution < 1.29 is 4.79 Å². The second-order valence-electron chi connectivity index (χ2n) is 2.13. The lowest BCUT2D eigenvalue weighted by atomic mass is 10.1. The van der Waals surface area contributed by atoms with Crippen molar-refractivity contribution in [2.24, 2.45) is 5.73 Å². The second-order valence-corrected chi connectivity index (χ2v) is 2.13. The number of benzene rings is 1. The van der Waals surface area contributed by atoms with Crippen LogP contribution < -0.4 is 5.73 Å². The molecule has 2 nitrogen and oxygen atoms in total. The molecule has 1 rings (SSSR count). The zero-order valence-electron chi connectivity index (χ0n) is 7.03. The number of carbonyl (C=O) groups excluding carboxylic acids is 1. The molecule has 0 spiro atoms. The summed E-state index contributed by atoms with van der Waals surface area (Å²) < 4.78 is 0. The predicted octanol–water partition coefficient (Wildman–Crippen LogP) is 1.26.